The molecule has 0 fully saturated rings. The van der Waals surface area contributed by atoms with Gasteiger partial charge in [0.1, 0.15) is 0 Å². The first-order chi connectivity index (χ1) is 4.95. The van der Waals surface area contributed by atoms with Gasteiger partial charge in [-0.25, -0.2) is 0 Å². The summed E-state index contributed by atoms with van der Waals surface area (Å²) >= 11 is 1.59. The number of rotatable bonds is 5. The van der Waals surface area contributed by atoms with Crippen LogP contribution in [0.25, 0.3) is 0 Å². The van der Waals surface area contributed by atoms with Crippen molar-refractivity contribution in [2.75, 3.05) is 18.6 Å². The molecular weight excluding hydrogens is 186 g/mol. The molecule has 0 saturated carbocycles. The molecule has 68 valence electrons. The van der Waals surface area contributed by atoms with Crippen LogP contribution in [0, 0.1) is 0 Å². The summed E-state index contributed by atoms with van der Waals surface area (Å²) in [5, 5.41) is 3.13. The molecule has 0 bridgehead atoms. The molecule has 2 N–H and O–H groups in total. The SMILES string of the molecule is CSC(C)NCCS(=O)(=O)O. The van der Waals surface area contributed by atoms with Gasteiger partial charge in [-0.15, -0.1) is 11.8 Å². The van der Waals surface area contributed by atoms with E-state index in [0.29, 0.717) is 6.54 Å². The summed E-state index contributed by atoms with van der Waals surface area (Å²) in [6, 6.07) is 0. The molecule has 0 aromatic carbocycles. The van der Waals surface area contributed by atoms with Gasteiger partial charge in [0.2, 0.25) is 0 Å². The highest BCUT2D eigenvalue weighted by Crippen LogP contribution is 1.99. The Morgan fingerprint density at radius 3 is 2.55 bits per heavy atom. The summed E-state index contributed by atoms with van der Waals surface area (Å²) in [7, 11) is -3.80. The van der Waals surface area contributed by atoms with Gasteiger partial charge < -0.3 is 5.32 Å². The highest BCUT2D eigenvalue weighted by molar-refractivity contribution is 7.99. The van der Waals surface area contributed by atoms with Crippen LogP contribution in [-0.2, 0) is 10.1 Å². The molecule has 1 unspecified atom stereocenters. The average Bonchev–Trinajstić information content (AvgIpc) is 1.85. The Bertz CT molecular complexity index is 190. The fraction of sp³-hybridized carbons (Fsp3) is 1.00. The lowest BCUT2D eigenvalue weighted by Gasteiger charge is -2.08. The van der Waals surface area contributed by atoms with Crippen LogP contribution in [-0.4, -0.2) is 36.9 Å². The van der Waals surface area contributed by atoms with E-state index in [1.165, 1.54) is 0 Å². The lowest BCUT2D eigenvalue weighted by atomic mass is 10.6. The van der Waals surface area contributed by atoms with E-state index in [1.807, 2.05) is 13.2 Å². The molecule has 0 aliphatic rings. The fourth-order valence-corrected chi connectivity index (χ4v) is 1.13. The summed E-state index contributed by atoms with van der Waals surface area (Å²) in [5.74, 6) is -0.224. The van der Waals surface area contributed by atoms with Crippen LogP contribution in [0.4, 0.5) is 0 Å². The Labute approximate surface area is 71.5 Å². The number of hydrogen-bond acceptors (Lipinski definition) is 4. The van der Waals surface area contributed by atoms with E-state index >= 15 is 0 Å². The third-order valence-electron chi connectivity index (χ3n) is 1.15. The van der Waals surface area contributed by atoms with E-state index in [-0.39, 0.29) is 11.1 Å². The zero-order valence-electron chi connectivity index (χ0n) is 6.57. The molecule has 0 aromatic rings. The second-order valence-electron chi connectivity index (χ2n) is 2.12. The summed E-state index contributed by atoms with van der Waals surface area (Å²) in [4.78, 5) is 0. The molecule has 0 radical (unpaired) electrons. The van der Waals surface area contributed by atoms with E-state index in [1.54, 1.807) is 11.8 Å². The van der Waals surface area contributed by atoms with Crippen molar-refractivity contribution in [2.45, 2.75) is 12.3 Å². The summed E-state index contributed by atoms with van der Waals surface area (Å²) in [5.41, 5.74) is 0. The standard InChI is InChI=1S/C5H13NO3S2/c1-5(10-2)6-3-4-11(7,8)9/h5-6H,3-4H2,1-2H3,(H,7,8,9). The number of hydrogen-bond donors (Lipinski definition) is 2. The van der Waals surface area contributed by atoms with E-state index in [9.17, 15) is 8.42 Å². The van der Waals surface area contributed by atoms with Crippen molar-refractivity contribution in [3.8, 4) is 0 Å². The minimum absolute atomic E-state index is 0.219. The fourth-order valence-electron chi connectivity index (χ4n) is 0.474. The quantitative estimate of drug-likeness (QED) is 0.488. The molecule has 0 rings (SSSR count). The zero-order valence-corrected chi connectivity index (χ0v) is 8.20. The Kier molecular flexibility index (Phi) is 5.07. The monoisotopic (exact) mass is 199 g/mol. The normalized spacial score (nSPS) is 14.8. The van der Waals surface area contributed by atoms with Crippen LogP contribution >= 0.6 is 11.8 Å². The van der Waals surface area contributed by atoms with Crippen molar-refractivity contribution < 1.29 is 13.0 Å². The van der Waals surface area contributed by atoms with Gasteiger partial charge in [0.25, 0.3) is 10.1 Å². The Morgan fingerprint density at radius 1 is 1.64 bits per heavy atom. The van der Waals surface area contributed by atoms with Crippen molar-refractivity contribution in [3.05, 3.63) is 0 Å². The lowest BCUT2D eigenvalue weighted by Crippen LogP contribution is -2.28. The van der Waals surface area contributed by atoms with E-state index in [2.05, 4.69) is 5.32 Å². The van der Waals surface area contributed by atoms with Crippen LogP contribution in [0.3, 0.4) is 0 Å². The lowest BCUT2D eigenvalue weighted by molar-refractivity contribution is 0.480. The number of thioether (sulfide) groups is 1. The van der Waals surface area contributed by atoms with Gasteiger partial charge in [-0.3, -0.25) is 4.55 Å². The largest absolute Gasteiger partial charge is 0.304 e. The third kappa shape index (κ3) is 8.12. The van der Waals surface area contributed by atoms with Crippen LogP contribution in [0.15, 0.2) is 0 Å². The van der Waals surface area contributed by atoms with Gasteiger partial charge in [-0.2, -0.15) is 8.42 Å². The van der Waals surface area contributed by atoms with Crippen molar-refractivity contribution in [1.82, 2.24) is 5.32 Å². The second kappa shape index (κ2) is 4.97. The van der Waals surface area contributed by atoms with Crippen molar-refractivity contribution in [1.29, 1.82) is 0 Å². The summed E-state index contributed by atoms with van der Waals surface area (Å²) in [6.07, 6.45) is 1.92. The Hall–Kier alpha value is 0.220. The predicted octanol–water partition coefficient (Wildman–Crippen LogP) is 0.173. The maximum atomic E-state index is 10.2. The third-order valence-corrected chi connectivity index (χ3v) is 2.74. The summed E-state index contributed by atoms with van der Waals surface area (Å²) < 4.78 is 28.7. The van der Waals surface area contributed by atoms with Gasteiger partial charge in [-0.1, -0.05) is 0 Å². The first-order valence-corrected chi connectivity index (χ1v) is 6.07. The first kappa shape index (κ1) is 11.2. The first-order valence-electron chi connectivity index (χ1n) is 3.17. The molecule has 0 spiro atoms. The maximum Gasteiger partial charge on any atom is 0.266 e. The Balaban J connectivity index is 3.43. The second-order valence-corrected chi connectivity index (χ2v) is 4.87. The molecule has 0 aliphatic heterocycles. The smallest absolute Gasteiger partial charge is 0.266 e. The zero-order chi connectivity index (χ0) is 8.91. The van der Waals surface area contributed by atoms with Crippen LogP contribution in [0.1, 0.15) is 6.92 Å². The molecule has 0 saturated heterocycles. The molecule has 0 heterocycles. The van der Waals surface area contributed by atoms with Crippen molar-refractivity contribution in [3.63, 3.8) is 0 Å². The van der Waals surface area contributed by atoms with Crippen molar-refractivity contribution in [2.24, 2.45) is 0 Å². The maximum absolute atomic E-state index is 10.2. The minimum Gasteiger partial charge on any atom is -0.304 e. The molecule has 11 heavy (non-hydrogen) atoms. The predicted molar refractivity (Wildman–Crippen MR) is 47.4 cm³/mol. The topological polar surface area (TPSA) is 66.4 Å². The van der Waals surface area contributed by atoms with Gasteiger partial charge in [0.15, 0.2) is 0 Å². The van der Waals surface area contributed by atoms with Crippen LogP contribution < -0.4 is 5.32 Å². The van der Waals surface area contributed by atoms with Gasteiger partial charge in [0.05, 0.1) is 11.1 Å². The van der Waals surface area contributed by atoms with E-state index < -0.39 is 10.1 Å². The molecule has 6 heteroatoms. The van der Waals surface area contributed by atoms with Crippen molar-refractivity contribution >= 4 is 21.9 Å². The highest BCUT2D eigenvalue weighted by atomic mass is 32.2. The average molecular weight is 199 g/mol. The minimum atomic E-state index is -3.80. The van der Waals surface area contributed by atoms with E-state index in [0.717, 1.165) is 0 Å². The molecular formula is C5H13NO3S2. The Morgan fingerprint density at radius 2 is 2.18 bits per heavy atom. The van der Waals surface area contributed by atoms with Gasteiger partial charge in [0, 0.05) is 6.54 Å². The molecule has 1 atom stereocenters. The molecule has 4 nitrogen and oxygen atoms in total. The molecule has 0 amide bonds. The highest BCUT2D eigenvalue weighted by Gasteiger charge is 2.04. The van der Waals surface area contributed by atoms with Crippen LogP contribution in [0.2, 0.25) is 0 Å². The van der Waals surface area contributed by atoms with Gasteiger partial charge >= 0.3 is 0 Å². The van der Waals surface area contributed by atoms with E-state index in [4.69, 9.17) is 4.55 Å². The molecule has 0 aromatic heterocycles. The van der Waals surface area contributed by atoms with Crippen LogP contribution in [0.5, 0.6) is 0 Å². The summed E-state index contributed by atoms with van der Waals surface area (Å²) in [6.45, 7) is 2.22. The molecule has 0 aliphatic carbocycles. The number of nitrogens with one attached hydrogen (secondary N) is 1. The van der Waals surface area contributed by atoms with Gasteiger partial charge in [-0.05, 0) is 13.2 Å².